The largest absolute Gasteiger partial charge is 0.495 e. The fourth-order valence-corrected chi connectivity index (χ4v) is 6.53. The Labute approximate surface area is 269 Å². The highest BCUT2D eigenvalue weighted by atomic mass is 16.5. The van der Waals surface area contributed by atoms with Gasteiger partial charge in [-0.15, -0.1) is 0 Å². The normalized spacial score (nSPS) is 15.8. The van der Waals surface area contributed by atoms with Gasteiger partial charge in [0.2, 0.25) is 0 Å². The Bertz CT molecular complexity index is 642. The van der Waals surface area contributed by atoms with Crippen molar-refractivity contribution in [2.45, 2.75) is 194 Å². The molecule has 0 N–H and O–H groups in total. The fourth-order valence-electron chi connectivity index (χ4n) is 6.53. The lowest BCUT2D eigenvalue weighted by Crippen LogP contribution is -2.31. The van der Waals surface area contributed by atoms with E-state index in [9.17, 15) is 4.79 Å². The smallest absolute Gasteiger partial charge is 0.305 e. The molecule has 1 rings (SSSR count). The van der Waals surface area contributed by atoms with Crippen molar-refractivity contribution in [2.75, 3.05) is 26.7 Å². The molecule has 0 aliphatic carbocycles. The number of carbonyl (C=O) groups is 1. The molecule has 0 spiro atoms. The Morgan fingerprint density at radius 2 is 1.14 bits per heavy atom. The van der Waals surface area contributed by atoms with Crippen molar-refractivity contribution < 1.29 is 14.3 Å². The number of likely N-dealkylation sites (tertiary alicyclic amines) is 1. The van der Waals surface area contributed by atoms with Crippen LogP contribution in [0.1, 0.15) is 188 Å². The van der Waals surface area contributed by atoms with E-state index in [1.54, 1.807) is 0 Å². The monoisotopic (exact) mass is 606 g/mol. The van der Waals surface area contributed by atoms with Crippen molar-refractivity contribution >= 4 is 5.97 Å². The third kappa shape index (κ3) is 23.0. The van der Waals surface area contributed by atoms with Gasteiger partial charge in [0, 0.05) is 12.3 Å². The lowest BCUT2D eigenvalue weighted by Gasteiger charge is -2.32. The first-order chi connectivity index (χ1) is 21.0. The summed E-state index contributed by atoms with van der Waals surface area (Å²) in [5.74, 6) is 2.17. The number of allylic oxidation sites excluding steroid dienone is 1. The molecule has 1 aliphatic heterocycles. The van der Waals surface area contributed by atoms with Crippen LogP contribution in [0.3, 0.4) is 0 Å². The van der Waals surface area contributed by atoms with E-state index in [1.165, 1.54) is 141 Å². The number of piperidine rings is 1. The van der Waals surface area contributed by atoms with Crippen molar-refractivity contribution in [1.82, 2.24) is 4.90 Å². The average Bonchev–Trinajstić information content (AvgIpc) is 3.01. The van der Waals surface area contributed by atoms with Crippen LogP contribution in [0.15, 0.2) is 12.3 Å². The molecule has 2 atom stereocenters. The van der Waals surface area contributed by atoms with Gasteiger partial charge in [-0.3, -0.25) is 4.79 Å². The molecule has 0 aromatic heterocycles. The molecule has 2 unspecified atom stereocenters. The highest BCUT2D eigenvalue weighted by Crippen LogP contribution is 2.27. The zero-order valence-corrected chi connectivity index (χ0v) is 29.6. The molecule has 0 saturated carbocycles. The first-order valence-electron chi connectivity index (χ1n) is 19.2. The molecule has 254 valence electrons. The number of ether oxygens (including phenoxy) is 2. The minimum atomic E-state index is 0.0188. The summed E-state index contributed by atoms with van der Waals surface area (Å²) < 4.78 is 12.3. The Morgan fingerprint density at radius 3 is 1.72 bits per heavy atom. The molecular formula is C39H75NO3. The number of carbonyl (C=O) groups excluding carboxylic acids is 1. The Hall–Kier alpha value is -1.03. The lowest BCUT2D eigenvalue weighted by molar-refractivity contribution is -0.145. The van der Waals surface area contributed by atoms with Gasteiger partial charge in [0.1, 0.15) is 0 Å². The molecule has 0 amide bonds. The Kier molecular flexibility index (Phi) is 26.5. The maximum absolute atomic E-state index is 12.4. The molecule has 1 aliphatic rings. The van der Waals surface area contributed by atoms with E-state index in [-0.39, 0.29) is 5.97 Å². The number of rotatable bonds is 30. The van der Waals surface area contributed by atoms with E-state index < -0.39 is 0 Å². The van der Waals surface area contributed by atoms with Crippen LogP contribution in [-0.2, 0) is 14.3 Å². The predicted octanol–water partition coefficient (Wildman–Crippen LogP) is 11.8. The predicted molar refractivity (Wildman–Crippen MR) is 187 cm³/mol. The van der Waals surface area contributed by atoms with E-state index in [0.717, 1.165) is 38.1 Å². The fraction of sp³-hybridized carbons (Fsp3) is 0.923. The van der Waals surface area contributed by atoms with Crippen LogP contribution < -0.4 is 0 Å². The Morgan fingerprint density at radius 1 is 0.674 bits per heavy atom. The van der Waals surface area contributed by atoms with Crippen LogP contribution in [0, 0.1) is 11.8 Å². The summed E-state index contributed by atoms with van der Waals surface area (Å²) in [5.41, 5.74) is 0. The van der Waals surface area contributed by atoms with E-state index in [0.29, 0.717) is 31.0 Å². The minimum Gasteiger partial charge on any atom is -0.495 e. The van der Waals surface area contributed by atoms with Gasteiger partial charge in [-0.05, 0) is 83.8 Å². The average molecular weight is 606 g/mol. The molecule has 0 aromatic rings. The van der Waals surface area contributed by atoms with E-state index in [4.69, 9.17) is 9.47 Å². The molecule has 43 heavy (non-hydrogen) atoms. The van der Waals surface area contributed by atoms with Crippen LogP contribution in [0.5, 0.6) is 0 Å². The Balaban J connectivity index is 2.23. The van der Waals surface area contributed by atoms with Gasteiger partial charge in [-0.25, -0.2) is 0 Å². The van der Waals surface area contributed by atoms with Crippen molar-refractivity contribution in [1.29, 1.82) is 0 Å². The number of hydrogen-bond acceptors (Lipinski definition) is 4. The SMILES string of the molecule is C=C(OC(CCCCCCCCC)CCCCCCCCC(=O)OCC(CCCC)CCCCCC)C1CCN(C)CC1. The maximum atomic E-state index is 12.4. The van der Waals surface area contributed by atoms with Gasteiger partial charge in [0.15, 0.2) is 0 Å². The number of nitrogens with zero attached hydrogens (tertiary/aromatic N) is 1. The summed E-state index contributed by atoms with van der Waals surface area (Å²) in [6, 6.07) is 0. The molecule has 4 heteroatoms. The summed E-state index contributed by atoms with van der Waals surface area (Å²) in [6.07, 6.45) is 32.3. The molecule has 4 nitrogen and oxygen atoms in total. The second kappa shape index (κ2) is 28.4. The lowest BCUT2D eigenvalue weighted by atomic mass is 9.95. The standard InChI is InChI=1S/C39H75NO3/c1-6-9-12-14-15-18-22-27-38(43-35(4)37-30-32-40(5)33-31-37)28-23-19-16-17-20-24-29-39(41)42-34-36(25-11-8-3)26-21-13-10-7-2/h36-38H,4,6-34H2,1-3,5H3. The van der Waals surface area contributed by atoms with Gasteiger partial charge in [0.25, 0.3) is 0 Å². The first kappa shape index (κ1) is 40.0. The number of esters is 1. The molecule has 1 saturated heterocycles. The van der Waals surface area contributed by atoms with E-state index >= 15 is 0 Å². The zero-order chi connectivity index (χ0) is 31.4. The van der Waals surface area contributed by atoms with Gasteiger partial charge >= 0.3 is 5.97 Å². The molecule has 0 aromatic carbocycles. The highest BCUT2D eigenvalue weighted by molar-refractivity contribution is 5.69. The quantitative estimate of drug-likeness (QED) is 0.0464. The van der Waals surface area contributed by atoms with Gasteiger partial charge in [-0.1, -0.05) is 130 Å². The zero-order valence-electron chi connectivity index (χ0n) is 29.6. The number of hydrogen-bond donors (Lipinski definition) is 0. The van der Waals surface area contributed by atoms with Gasteiger partial charge in [-0.2, -0.15) is 0 Å². The van der Waals surface area contributed by atoms with Crippen LogP contribution >= 0.6 is 0 Å². The van der Waals surface area contributed by atoms with Crippen LogP contribution in [0.25, 0.3) is 0 Å². The second-order valence-electron chi connectivity index (χ2n) is 13.9. The van der Waals surface area contributed by atoms with Crippen molar-refractivity contribution in [2.24, 2.45) is 11.8 Å². The van der Waals surface area contributed by atoms with E-state index in [1.807, 2.05) is 0 Å². The number of unbranched alkanes of at least 4 members (excludes halogenated alkanes) is 15. The molecular weight excluding hydrogens is 530 g/mol. The third-order valence-electron chi connectivity index (χ3n) is 9.69. The van der Waals surface area contributed by atoms with Gasteiger partial charge < -0.3 is 14.4 Å². The summed E-state index contributed by atoms with van der Waals surface area (Å²) in [6.45, 7) is 14.1. The van der Waals surface area contributed by atoms with Crippen molar-refractivity contribution in [3.8, 4) is 0 Å². The molecule has 1 heterocycles. The highest BCUT2D eigenvalue weighted by Gasteiger charge is 2.22. The summed E-state index contributed by atoms with van der Waals surface area (Å²) >= 11 is 0. The van der Waals surface area contributed by atoms with Crippen molar-refractivity contribution in [3.05, 3.63) is 12.3 Å². The van der Waals surface area contributed by atoms with Crippen LogP contribution in [0.4, 0.5) is 0 Å². The van der Waals surface area contributed by atoms with Crippen LogP contribution in [-0.4, -0.2) is 43.7 Å². The molecule has 1 fully saturated rings. The van der Waals surface area contributed by atoms with Gasteiger partial charge in [0.05, 0.1) is 18.5 Å². The minimum absolute atomic E-state index is 0.0188. The first-order valence-corrected chi connectivity index (χ1v) is 19.2. The summed E-state index contributed by atoms with van der Waals surface area (Å²) in [5, 5.41) is 0. The summed E-state index contributed by atoms with van der Waals surface area (Å²) in [4.78, 5) is 14.8. The van der Waals surface area contributed by atoms with Crippen molar-refractivity contribution in [3.63, 3.8) is 0 Å². The second-order valence-corrected chi connectivity index (χ2v) is 13.9. The van der Waals surface area contributed by atoms with E-state index in [2.05, 4.69) is 39.3 Å². The summed E-state index contributed by atoms with van der Waals surface area (Å²) in [7, 11) is 2.22. The van der Waals surface area contributed by atoms with Crippen LogP contribution in [0.2, 0.25) is 0 Å². The molecule has 0 radical (unpaired) electrons. The maximum Gasteiger partial charge on any atom is 0.305 e. The molecule has 0 bridgehead atoms. The topological polar surface area (TPSA) is 38.8 Å². The third-order valence-corrected chi connectivity index (χ3v) is 9.69.